The second-order valence-corrected chi connectivity index (χ2v) is 6.76. The highest BCUT2D eigenvalue weighted by atomic mass is 19.4. The van der Waals surface area contributed by atoms with Crippen molar-refractivity contribution in [1.29, 1.82) is 0 Å². The molecule has 3 aromatic rings. The normalized spacial score (nSPS) is 13.6. The molecule has 0 spiro atoms. The lowest BCUT2D eigenvalue weighted by atomic mass is 10.0. The highest BCUT2D eigenvalue weighted by Gasteiger charge is 2.34. The number of amides is 2. The summed E-state index contributed by atoms with van der Waals surface area (Å²) in [5.41, 5.74) is -0.610. The van der Waals surface area contributed by atoms with Gasteiger partial charge in [-0.3, -0.25) is 9.59 Å². The van der Waals surface area contributed by atoms with E-state index < -0.39 is 23.6 Å². The predicted octanol–water partition coefficient (Wildman–Crippen LogP) is 3.97. The van der Waals surface area contributed by atoms with Crippen LogP contribution in [0.1, 0.15) is 12.0 Å². The summed E-state index contributed by atoms with van der Waals surface area (Å²) in [5.74, 6) is -1.38. The Morgan fingerprint density at radius 2 is 1.93 bits per heavy atom. The number of nitrogens with zero attached hydrogens (tertiary/aromatic N) is 3. The van der Waals surface area contributed by atoms with Crippen LogP contribution in [-0.2, 0) is 15.8 Å². The van der Waals surface area contributed by atoms with Crippen molar-refractivity contribution in [2.45, 2.75) is 12.6 Å². The van der Waals surface area contributed by atoms with Crippen molar-refractivity contribution in [3.63, 3.8) is 0 Å². The average molecular weight is 413 g/mol. The number of likely N-dealkylation sites (tertiary alicyclic amines) is 1. The first-order chi connectivity index (χ1) is 14.3. The van der Waals surface area contributed by atoms with Gasteiger partial charge in [0.15, 0.2) is 5.69 Å². The van der Waals surface area contributed by atoms with E-state index in [0.29, 0.717) is 18.5 Å². The van der Waals surface area contributed by atoms with Crippen LogP contribution in [0.25, 0.3) is 27.1 Å². The molecule has 152 valence electrons. The van der Waals surface area contributed by atoms with Gasteiger partial charge in [-0.05, 0) is 36.2 Å². The molecule has 0 atom stereocenters. The quantitative estimate of drug-likeness (QED) is 0.493. The zero-order valence-corrected chi connectivity index (χ0v) is 15.4. The monoisotopic (exact) mass is 413 g/mol. The molecule has 2 aromatic heterocycles. The molecule has 4 rings (SSSR count). The standard InChI is InChI=1S/C20H14F3N5O2/c1-24-12-4-5-14(20(21,22)23)13(10-12)15-9-11-3-6-16(26-17(11)25-15)27-18(29)19(30)28-7-2-8-28/h3-6,9-10H,2,7-8H2,(H2,25,26,27,29). The summed E-state index contributed by atoms with van der Waals surface area (Å²) in [6, 6.07) is 7.66. The fourth-order valence-electron chi connectivity index (χ4n) is 3.12. The Labute approximate surface area is 168 Å². The van der Waals surface area contributed by atoms with E-state index in [1.54, 1.807) is 6.07 Å². The minimum Gasteiger partial charge on any atom is -0.339 e. The minimum absolute atomic E-state index is 0.0714. The van der Waals surface area contributed by atoms with E-state index in [9.17, 15) is 22.8 Å². The number of carbonyl (C=O) groups is 2. The van der Waals surface area contributed by atoms with Gasteiger partial charge in [0.1, 0.15) is 11.5 Å². The molecule has 0 unspecified atom stereocenters. The number of alkyl halides is 3. The van der Waals surface area contributed by atoms with Gasteiger partial charge in [0.25, 0.3) is 0 Å². The van der Waals surface area contributed by atoms with Gasteiger partial charge >= 0.3 is 18.0 Å². The van der Waals surface area contributed by atoms with E-state index >= 15 is 0 Å². The number of H-pyrrole nitrogens is 1. The highest BCUT2D eigenvalue weighted by Crippen LogP contribution is 2.39. The van der Waals surface area contributed by atoms with Crippen molar-refractivity contribution in [2.24, 2.45) is 0 Å². The Hall–Kier alpha value is -3.87. The van der Waals surface area contributed by atoms with Gasteiger partial charge in [0.05, 0.1) is 12.1 Å². The van der Waals surface area contributed by atoms with Gasteiger partial charge in [-0.15, -0.1) is 0 Å². The maximum Gasteiger partial charge on any atom is 0.416 e. The summed E-state index contributed by atoms with van der Waals surface area (Å²) in [6.07, 6.45) is -3.75. The smallest absolute Gasteiger partial charge is 0.339 e. The number of nitrogens with one attached hydrogen (secondary N) is 2. The second-order valence-electron chi connectivity index (χ2n) is 6.76. The Morgan fingerprint density at radius 1 is 1.17 bits per heavy atom. The number of pyridine rings is 1. The molecule has 10 heteroatoms. The lowest BCUT2D eigenvalue weighted by Crippen LogP contribution is -2.47. The maximum atomic E-state index is 13.4. The van der Waals surface area contributed by atoms with Gasteiger partial charge in [0.2, 0.25) is 0 Å². The molecule has 1 aliphatic heterocycles. The van der Waals surface area contributed by atoms with E-state index in [1.165, 1.54) is 17.0 Å². The number of rotatable bonds is 2. The lowest BCUT2D eigenvalue weighted by Gasteiger charge is -2.29. The number of halogens is 3. The number of hydrogen-bond donors (Lipinski definition) is 2. The average Bonchev–Trinajstić information content (AvgIpc) is 3.08. The summed E-state index contributed by atoms with van der Waals surface area (Å²) < 4.78 is 40.3. The van der Waals surface area contributed by atoms with Crippen LogP contribution in [-0.4, -0.2) is 39.8 Å². The van der Waals surface area contributed by atoms with Crippen molar-refractivity contribution >= 4 is 34.4 Å². The third-order valence-electron chi connectivity index (χ3n) is 4.79. The molecule has 0 radical (unpaired) electrons. The molecular weight excluding hydrogens is 399 g/mol. The molecule has 3 heterocycles. The zero-order valence-electron chi connectivity index (χ0n) is 15.4. The molecule has 2 N–H and O–H groups in total. The molecule has 1 saturated heterocycles. The van der Waals surface area contributed by atoms with Crippen LogP contribution >= 0.6 is 0 Å². The number of aromatic nitrogens is 2. The van der Waals surface area contributed by atoms with Gasteiger partial charge in [-0.1, -0.05) is 12.1 Å². The van der Waals surface area contributed by atoms with Gasteiger partial charge < -0.3 is 15.2 Å². The highest BCUT2D eigenvalue weighted by molar-refractivity contribution is 6.39. The summed E-state index contributed by atoms with van der Waals surface area (Å²) >= 11 is 0. The Bertz CT molecular complexity index is 1210. The molecule has 1 aliphatic rings. The number of aromatic amines is 1. The van der Waals surface area contributed by atoms with E-state index in [-0.39, 0.29) is 28.4 Å². The molecule has 1 fully saturated rings. The van der Waals surface area contributed by atoms with E-state index in [4.69, 9.17) is 6.57 Å². The Morgan fingerprint density at radius 3 is 2.57 bits per heavy atom. The Balaban J connectivity index is 1.67. The van der Waals surface area contributed by atoms with Crippen molar-refractivity contribution in [3.05, 3.63) is 53.4 Å². The van der Waals surface area contributed by atoms with Crippen LogP contribution in [0.3, 0.4) is 0 Å². The molecule has 30 heavy (non-hydrogen) atoms. The summed E-state index contributed by atoms with van der Waals surface area (Å²) in [5, 5.41) is 2.92. The van der Waals surface area contributed by atoms with Crippen molar-refractivity contribution < 1.29 is 22.8 Å². The van der Waals surface area contributed by atoms with Crippen LogP contribution in [0.5, 0.6) is 0 Å². The van der Waals surface area contributed by atoms with E-state index in [2.05, 4.69) is 20.1 Å². The van der Waals surface area contributed by atoms with E-state index in [0.717, 1.165) is 24.6 Å². The number of carbonyl (C=O) groups excluding carboxylic acids is 2. The topological polar surface area (TPSA) is 82.4 Å². The summed E-state index contributed by atoms with van der Waals surface area (Å²) in [4.78, 5) is 35.5. The van der Waals surface area contributed by atoms with Gasteiger partial charge in [-0.25, -0.2) is 9.83 Å². The molecule has 2 amide bonds. The molecule has 0 aliphatic carbocycles. The first kappa shape index (κ1) is 19.4. The number of anilines is 1. The Kier molecular flexibility index (Phi) is 4.66. The molecule has 0 bridgehead atoms. The third kappa shape index (κ3) is 3.57. The fourth-order valence-corrected chi connectivity index (χ4v) is 3.12. The van der Waals surface area contributed by atoms with Crippen molar-refractivity contribution in [3.8, 4) is 11.3 Å². The van der Waals surface area contributed by atoms with Gasteiger partial charge in [0, 0.05) is 24.2 Å². The van der Waals surface area contributed by atoms with Crippen LogP contribution in [0, 0.1) is 6.57 Å². The van der Waals surface area contributed by atoms with Crippen molar-refractivity contribution in [1.82, 2.24) is 14.9 Å². The van der Waals surface area contributed by atoms with Gasteiger partial charge in [-0.2, -0.15) is 13.2 Å². The lowest BCUT2D eigenvalue weighted by molar-refractivity contribution is -0.145. The first-order valence-corrected chi connectivity index (χ1v) is 8.95. The molecule has 7 nitrogen and oxygen atoms in total. The van der Waals surface area contributed by atoms with Crippen LogP contribution in [0.2, 0.25) is 0 Å². The van der Waals surface area contributed by atoms with Crippen LogP contribution in [0.4, 0.5) is 24.7 Å². The molecule has 1 aromatic carbocycles. The van der Waals surface area contributed by atoms with Crippen LogP contribution in [0.15, 0.2) is 36.4 Å². The minimum atomic E-state index is -4.60. The SMILES string of the molecule is [C-]#[N+]c1ccc(C(F)(F)F)c(-c2cc3ccc(NC(=O)C(=O)N4CCC4)nc3[nH]2)c1. The number of benzene rings is 1. The fraction of sp³-hybridized carbons (Fsp3) is 0.200. The predicted molar refractivity (Wildman–Crippen MR) is 103 cm³/mol. The van der Waals surface area contributed by atoms with Crippen LogP contribution < -0.4 is 5.32 Å². The maximum absolute atomic E-state index is 13.4. The summed E-state index contributed by atoms with van der Waals surface area (Å²) in [6.45, 7) is 8.13. The zero-order chi connectivity index (χ0) is 21.5. The molecule has 0 saturated carbocycles. The number of fused-ring (bicyclic) bond motifs is 1. The second kappa shape index (κ2) is 7.18. The summed E-state index contributed by atoms with van der Waals surface area (Å²) in [7, 11) is 0. The molecular formula is C20H14F3N5O2. The largest absolute Gasteiger partial charge is 0.416 e. The third-order valence-corrected chi connectivity index (χ3v) is 4.79. The van der Waals surface area contributed by atoms with E-state index in [1.807, 2.05) is 0 Å². The number of hydrogen-bond acceptors (Lipinski definition) is 3. The first-order valence-electron chi connectivity index (χ1n) is 8.95. The van der Waals surface area contributed by atoms with Crippen molar-refractivity contribution in [2.75, 3.05) is 18.4 Å².